The molecule has 0 aliphatic heterocycles. The van der Waals surface area contributed by atoms with E-state index in [9.17, 15) is 14.3 Å². The van der Waals surface area contributed by atoms with Crippen molar-refractivity contribution in [2.45, 2.75) is 32.2 Å². The second-order valence-electron chi connectivity index (χ2n) is 4.58. The number of carboxylic acids is 1. The Morgan fingerprint density at radius 3 is 2.67 bits per heavy atom. The fraction of sp³-hybridized carbons (Fsp3) is 0.385. The van der Waals surface area contributed by atoms with Crippen LogP contribution in [0.5, 0.6) is 0 Å². The van der Waals surface area contributed by atoms with Gasteiger partial charge in [0, 0.05) is 10.0 Å². The number of carbonyl (C=O) groups is 1. The number of rotatable bonds is 5. The zero-order chi connectivity index (χ0) is 15.6. The van der Waals surface area contributed by atoms with Crippen LogP contribution in [0.4, 0.5) is 4.39 Å². The van der Waals surface area contributed by atoms with Gasteiger partial charge in [0.05, 0.1) is 0 Å². The van der Waals surface area contributed by atoms with E-state index in [0.29, 0.717) is 22.9 Å². The Kier molecular flexibility index (Phi) is 4.36. The van der Waals surface area contributed by atoms with Gasteiger partial charge in [-0.1, -0.05) is 29.8 Å². The molecule has 1 N–H and O–H groups in total. The number of hydrogen-bond acceptors (Lipinski definition) is 4. The molecular formula is C13H14BrFN4O2. The van der Waals surface area contributed by atoms with Crippen LogP contribution in [0.25, 0.3) is 11.4 Å². The highest BCUT2D eigenvalue weighted by Crippen LogP contribution is 2.33. The molecule has 1 aromatic heterocycles. The van der Waals surface area contributed by atoms with Gasteiger partial charge in [-0.25, -0.2) is 13.9 Å². The van der Waals surface area contributed by atoms with Gasteiger partial charge in [0.25, 0.3) is 0 Å². The lowest BCUT2D eigenvalue weighted by molar-refractivity contribution is -0.148. The highest BCUT2D eigenvalue weighted by molar-refractivity contribution is 9.10. The molecule has 0 aliphatic rings. The molecule has 0 saturated heterocycles. The van der Waals surface area contributed by atoms with Gasteiger partial charge in [0.1, 0.15) is 5.82 Å². The monoisotopic (exact) mass is 356 g/mol. The van der Waals surface area contributed by atoms with Gasteiger partial charge >= 0.3 is 5.97 Å². The molecule has 0 spiro atoms. The van der Waals surface area contributed by atoms with Crippen molar-refractivity contribution in [3.63, 3.8) is 0 Å². The first-order valence-electron chi connectivity index (χ1n) is 6.44. The van der Waals surface area contributed by atoms with Crippen molar-refractivity contribution in [3.05, 3.63) is 28.5 Å². The molecule has 0 fully saturated rings. The Hall–Kier alpha value is -1.83. The molecule has 2 rings (SSSR count). The van der Waals surface area contributed by atoms with Crippen molar-refractivity contribution in [1.82, 2.24) is 20.2 Å². The van der Waals surface area contributed by atoms with Gasteiger partial charge < -0.3 is 5.11 Å². The molecule has 8 heteroatoms. The summed E-state index contributed by atoms with van der Waals surface area (Å²) in [6.07, 6.45) is 0.619. The largest absolute Gasteiger partial charge is 0.479 e. The van der Waals surface area contributed by atoms with E-state index >= 15 is 0 Å². The third-order valence-electron chi connectivity index (χ3n) is 3.61. The molecule has 0 saturated carbocycles. The average molecular weight is 357 g/mol. The maximum atomic E-state index is 13.5. The number of halogens is 2. The molecule has 0 aliphatic carbocycles. The highest BCUT2D eigenvalue weighted by atomic mass is 79.9. The average Bonchev–Trinajstić information content (AvgIpc) is 2.93. The second-order valence-corrected chi connectivity index (χ2v) is 5.44. The molecule has 6 nitrogen and oxygen atoms in total. The Morgan fingerprint density at radius 1 is 1.43 bits per heavy atom. The van der Waals surface area contributed by atoms with E-state index < -0.39 is 17.3 Å². The third-order valence-corrected chi connectivity index (χ3v) is 4.30. The summed E-state index contributed by atoms with van der Waals surface area (Å²) < 4.78 is 15.3. The van der Waals surface area contributed by atoms with Crippen LogP contribution < -0.4 is 0 Å². The molecule has 0 amide bonds. The Morgan fingerprint density at radius 2 is 2.10 bits per heavy atom. The Bertz CT molecular complexity index is 670. The first-order valence-corrected chi connectivity index (χ1v) is 7.23. The van der Waals surface area contributed by atoms with Gasteiger partial charge in [0.15, 0.2) is 11.4 Å². The molecule has 1 heterocycles. The predicted molar refractivity (Wildman–Crippen MR) is 77.1 cm³/mol. The predicted octanol–water partition coefficient (Wildman–Crippen LogP) is 2.84. The maximum absolute atomic E-state index is 13.5. The van der Waals surface area contributed by atoms with E-state index in [2.05, 4.69) is 31.5 Å². The van der Waals surface area contributed by atoms with E-state index in [4.69, 9.17) is 0 Å². The first kappa shape index (κ1) is 15.6. The molecule has 112 valence electrons. The summed E-state index contributed by atoms with van der Waals surface area (Å²) in [5.41, 5.74) is -0.850. The minimum atomic E-state index is -1.26. The van der Waals surface area contributed by atoms with Crippen LogP contribution in [-0.2, 0) is 10.3 Å². The summed E-state index contributed by atoms with van der Waals surface area (Å²) in [4.78, 5) is 11.7. The molecular weight excluding hydrogens is 343 g/mol. The summed E-state index contributed by atoms with van der Waals surface area (Å²) in [5, 5.41) is 20.9. The molecule has 2 aromatic rings. The van der Waals surface area contributed by atoms with Crippen molar-refractivity contribution in [2.24, 2.45) is 0 Å². The number of carboxylic acid groups (broad SMARTS) is 1. The molecule has 0 radical (unpaired) electrons. The second kappa shape index (κ2) is 5.88. The quantitative estimate of drug-likeness (QED) is 0.890. The number of nitrogens with zero attached hydrogens (tertiary/aromatic N) is 4. The van der Waals surface area contributed by atoms with Crippen LogP contribution in [0, 0.1) is 5.82 Å². The number of hydrogen-bond donors (Lipinski definition) is 1. The van der Waals surface area contributed by atoms with Gasteiger partial charge in [-0.15, -0.1) is 5.10 Å². The van der Waals surface area contributed by atoms with Crippen LogP contribution in [0.1, 0.15) is 26.7 Å². The van der Waals surface area contributed by atoms with Crippen molar-refractivity contribution in [1.29, 1.82) is 0 Å². The Labute approximate surface area is 129 Å². The first-order chi connectivity index (χ1) is 9.96. The van der Waals surface area contributed by atoms with E-state index in [1.807, 2.05) is 0 Å². The van der Waals surface area contributed by atoms with Crippen LogP contribution in [0.15, 0.2) is 22.7 Å². The summed E-state index contributed by atoms with van der Waals surface area (Å²) in [6, 6.07) is 4.10. The number of aliphatic carboxylic acids is 1. The smallest absolute Gasteiger partial charge is 0.331 e. The van der Waals surface area contributed by atoms with E-state index in [1.165, 1.54) is 22.9 Å². The lowest BCUT2D eigenvalue weighted by atomic mass is 9.92. The summed E-state index contributed by atoms with van der Waals surface area (Å²) in [6.45, 7) is 3.51. The fourth-order valence-corrected chi connectivity index (χ4v) is 2.68. The maximum Gasteiger partial charge on any atom is 0.331 e. The molecule has 0 atom stereocenters. The van der Waals surface area contributed by atoms with Crippen molar-refractivity contribution in [2.75, 3.05) is 0 Å². The number of benzene rings is 1. The summed E-state index contributed by atoms with van der Waals surface area (Å²) >= 11 is 3.31. The lowest BCUT2D eigenvalue weighted by Crippen LogP contribution is -2.42. The molecule has 1 aromatic carbocycles. The normalized spacial score (nSPS) is 11.6. The number of aromatic nitrogens is 4. The third kappa shape index (κ3) is 2.55. The fourth-order valence-electron chi connectivity index (χ4n) is 2.25. The minimum absolute atomic E-state index is 0.215. The van der Waals surface area contributed by atoms with Crippen LogP contribution >= 0.6 is 15.9 Å². The van der Waals surface area contributed by atoms with E-state index in [-0.39, 0.29) is 5.82 Å². The summed E-state index contributed by atoms with van der Waals surface area (Å²) in [7, 11) is 0. The minimum Gasteiger partial charge on any atom is -0.479 e. The standard InChI is InChI=1S/C13H14BrFN4O2/c1-3-13(4-2,12(20)21)19-11(16-17-18-19)9-7-8(15)5-6-10(9)14/h5-7H,3-4H2,1-2H3,(H,20,21). The molecule has 0 bridgehead atoms. The van der Waals surface area contributed by atoms with Crippen molar-refractivity contribution in [3.8, 4) is 11.4 Å². The van der Waals surface area contributed by atoms with Gasteiger partial charge in [-0.05, 0) is 41.5 Å². The van der Waals surface area contributed by atoms with Crippen LogP contribution in [0.3, 0.4) is 0 Å². The van der Waals surface area contributed by atoms with Gasteiger partial charge in [-0.2, -0.15) is 0 Å². The van der Waals surface area contributed by atoms with Crippen molar-refractivity contribution < 1.29 is 14.3 Å². The highest BCUT2D eigenvalue weighted by Gasteiger charge is 2.40. The number of tetrazole rings is 1. The van der Waals surface area contributed by atoms with E-state index in [0.717, 1.165) is 0 Å². The van der Waals surface area contributed by atoms with Crippen LogP contribution in [-0.4, -0.2) is 31.3 Å². The van der Waals surface area contributed by atoms with Crippen molar-refractivity contribution >= 4 is 21.9 Å². The zero-order valence-electron chi connectivity index (χ0n) is 11.5. The lowest BCUT2D eigenvalue weighted by Gasteiger charge is -2.27. The molecule has 21 heavy (non-hydrogen) atoms. The zero-order valence-corrected chi connectivity index (χ0v) is 13.1. The Balaban J connectivity index is 2.67. The van der Waals surface area contributed by atoms with E-state index in [1.54, 1.807) is 13.8 Å². The summed E-state index contributed by atoms with van der Waals surface area (Å²) in [5.74, 6) is -1.25. The SMILES string of the molecule is CCC(CC)(C(=O)O)n1nnnc1-c1cc(F)ccc1Br. The van der Waals surface area contributed by atoms with Gasteiger partial charge in [0.2, 0.25) is 0 Å². The van der Waals surface area contributed by atoms with Gasteiger partial charge in [-0.3, -0.25) is 0 Å². The topological polar surface area (TPSA) is 80.9 Å². The van der Waals surface area contributed by atoms with Crippen LogP contribution in [0.2, 0.25) is 0 Å². The molecule has 0 unspecified atom stereocenters.